The van der Waals surface area contributed by atoms with E-state index in [2.05, 4.69) is 43.7 Å². The Hall–Kier alpha value is -1.60. The summed E-state index contributed by atoms with van der Waals surface area (Å²) >= 11 is 0. The highest BCUT2D eigenvalue weighted by molar-refractivity contribution is 5.85. The van der Waals surface area contributed by atoms with Crippen LogP contribution in [-0.2, 0) is 12.1 Å². The molecule has 3 N–H and O–H groups in total. The number of methoxy groups -OCH3 is 1. The molecule has 27 heavy (non-hydrogen) atoms. The standard InChI is InChI=1S/C20H30N4O2.ClH/c1-20(2,3)24-13-16(11-21-9-15-10-22-12-18(15)25)19(23-24)14-6-5-7-17(8-14)26-4;/h5-8,13,15,18,21-22,25H,9-12H2,1-4H3;1H. The van der Waals surface area contributed by atoms with E-state index in [1.54, 1.807) is 7.11 Å². The molecule has 0 amide bonds. The number of aliphatic hydroxyl groups is 1. The van der Waals surface area contributed by atoms with Gasteiger partial charge in [-0.25, -0.2) is 0 Å². The van der Waals surface area contributed by atoms with Gasteiger partial charge in [-0.1, -0.05) is 12.1 Å². The van der Waals surface area contributed by atoms with Crippen LogP contribution in [0.25, 0.3) is 11.3 Å². The molecule has 150 valence electrons. The summed E-state index contributed by atoms with van der Waals surface area (Å²) in [5.41, 5.74) is 3.08. The Morgan fingerprint density at radius 3 is 2.74 bits per heavy atom. The first kappa shape index (κ1) is 21.7. The molecule has 1 saturated heterocycles. The molecule has 1 fully saturated rings. The molecule has 1 aliphatic heterocycles. The highest BCUT2D eigenvalue weighted by Gasteiger charge is 2.25. The van der Waals surface area contributed by atoms with Gasteiger partial charge < -0.3 is 20.5 Å². The Bertz CT molecular complexity index is 742. The number of nitrogens with zero attached hydrogens (tertiary/aromatic N) is 2. The molecule has 6 nitrogen and oxygen atoms in total. The average molecular weight is 395 g/mol. The SMILES string of the molecule is COc1cccc(-c2nn(C(C)(C)C)cc2CNCC2CNCC2O)c1.Cl. The second-order valence-corrected chi connectivity index (χ2v) is 7.97. The fourth-order valence-electron chi connectivity index (χ4n) is 3.22. The number of nitrogens with one attached hydrogen (secondary N) is 2. The summed E-state index contributed by atoms with van der Waals surface area (Å²) in [7, 11) is 1.68. The molecule has 0 bridgehead atoms. The van der Waals surface area contributed by atoms with Crippen molar-refractivity contribution in [3.8, 4) is 17.0 Å². The van der Waals surface area contributed by atoms with E-state index in [0.717, 1.165) is 35.7 Å². The first-order valence-corrected chi connectivity index (χ1v) is 9.21. The Morgan fingerprint density at radius 2 is 2.11 bits per heavy atom. The third-order valence-electron chi connectivity index (χ3n) is 4.85. The predicted octanol–water partition coefficient (Wildman–Crippen LogP) is 2.41. The maximum Gasteiger partial charge on any atom is 0.119 e. The molecule has 1 aromatic heterocycles. The van der Waals surface area contributed by atoms with Gasteiger partial charge in [0.05, 0.1) is 24.4 Å². The zero-order valence-electron chi connectivity index (χ0n) is 16.5. The number of benzene rings is 1. The van der Waals surface area contributed by atoms with Crippen LogP contribution < -0.4 is 15.4 Å². The lowest BCUT2D eigenvalue weighted by Crippen LogP contribution is -2.30. The van der Waals surface area contributed by atoms with Gasteiger partial charge in [0, 0.05) is 49.4 Å². The predicted molar refractivity (Wildman–Crippen MR) is 111 cm³/mol. The van der Waals surface area contributed by atoms with Crippen LogP contribution in [0.1, 0.15) is 26.3 Å². The average Bonchev–Trinajstić information content (AvgIpc) is 3.21. The maximum absolute atomic E-state index is 9.95. The number of rotatable bonds is 6. The van der Waals surface area contributed by atoms with Crippen LogP contribution in [0, 0.1) is 5.92 Å². The van der Waals surface area contributed by atoms with Crippen LogP contribution in [0.2, 0.25) is 0 Å². The summed E-state index contributed by atoms with van der Waals surface area (Å²) < 4.78 is 7.38. The minimum Gasteiger partial charge on any atom is -0.497 e. The minimum absolute atomic E-state index is 0. The quantitative estimate of drug-likeness (QED) is 0.701. The van der Waals surface area contributed by atoms with Gasteiger partial charge in [0.15, 0.2) is 0 Å². The number of hydrogen-bond acceptors (Lipinski definition) is 5. The lowest BCUT2D eigenvalue weighted by molar-refractivity contribution is 0.146. The van der Waals surface area contributed by atoms with Crippen LogP contribution in [-0.4, -0.2) is 47.7 Å². The number of β-amino-alcohol motifs (C(OH)–C–C–N with tert-alkyl or cyclic N) is 1. The fraction of sp³-hybridized carbons (Fsp3) is 0.550. The molecule has 0 saturated carbocycles. The smallest absolute Gasteiger partial charge is 0.119 e. The van der Waals surface area contributed by atoms with Crippen molar-refractivity contribution < 1.29 is 9.84 Å². The molecule has 2 heterocycles. The van der Waals surface area contributed by atoms with Gasteiger partial charge in [-0.2, -0.15) is 5.10 Å². The van der Waals surface area contributed by atoms with Gasteiger partial charge in [-0.15, -0.1) is 12.4 Å². The maximum atomic E-state index is 9.95. The Labute approximate surface area is 167 Å². The molecule has 2 unspecified atom stereocenters. The third-order valence-corrected chi connectivity index (χ3v) is 4.85. The molecule has 3 rings (SSSR count). The van der Waals surface area contributed by atoms with E-state index in [0.29, 0.717) is 13.1 Å². The first-order chi connectivity index (χ1) is 12.4. The van der Waals surface area contributed by atoms with Crippen LogP contribution in [0.15, 0.2) is 30.5 Å². The minimum atomic E-state index is -0.266. The monoisotopic (exact) mass is 394 g/mol. The van der Waals surface area contributed by atoms with Crippen molar-refractivity contribution >= 4 is 12.4 Å². The van der Waals surface area contributed by atoms with Gasteiger partial charge in [0.2, 0.25) is 0 Å². The molecule has 1 aliphatic rings. The van der Waals surface area contributed by atoms with Gasteiger partial charge in [0.25, 0.3) is 0 Å². The zero-order valence-corrected chi connectivity index (χ0v) is 17.3. The number of halogens is 1. The lowest BCUT2D eigenvalue weighted by atomic mass is 10.1. The van der Waals surface area contributed by atoms with Crippen LogP contribution in [0.4, 0.5) is 0 Å². The molecular weight excluding hydrogens is 364 g/mol. The summed E-state index contributed by atoms with van der Waals surface area (Å²) in [6.07, 6.45) is 1.85. The van der Waals surface area contributed by atoms with Crippen molar-refractivity contribution in [1.29, 1.82) is 0 Å². The van der Waals surface area contributed by atoms with E-state index < -0.39 is 0 Å². The molecule has 1 aromatic carbocycles. The van der Waals surface area contributed by atoms with E-state index >= 15 is 0 Å². The molecule has 0 aliphatic carbocycles. The van der Waals surface area contributed by atoms with Gasteiger partial charge in [-0.05, 0) is 32.9 Å². The van der Waals surface area contributed by atoms with Crippen molar-refractivity contribution in [1.82, 2.24) is 20.4 Å². The molecule has 0 radical (unpaired) electrons. The highest BCUT2D eigenvalue weighted by Crippen LogP contribution is 2.28. The van der Waals surface area contributed by atoms with Crippen molar-refractivity contribution in [2.24, 2.45) is 5.92 Å². The first-order valence-electron chi connectivity index (χ1n) is 9.21. The normalized spacial score (nSPS) is 19.7. The van der Waals surface area contributed by atoms with Crippen LogP contribution >= 0.6 is 12.4 Å². The molecule has 2 aromatic rings. The number of ether oxygens (including phenoxy) is 1. The highest BCUT2D eigenvalue weighted by atomic mass is 35.5. The number of hydrogen-bond donors (Lipinski definition) is 3. The van der Waals surface area contributed by atoms with E-state index in [4.69, 9.17) is 9.84 Å². The van der Waals surface area contributed by atoms with Gasteiger partial charge in [0.1, 0.15) is 5.75 Å². The van der Waals surface area contributed by atoms with Gasteiger partial charge in [-0.3, -0.25) is 4.68 Å². The summed E-state index contributed by atoms with van der Waals surface area (Å²) in [6, 6.07) is 8.01. The fourth-order valence-corrected chi connectivity index (χ4v) is 3.22. The van der Waals surface area contributed by atoms with Crippen molar-refractivity contribution in [3.63, 3.8) is 0 Å². The third kappa shape index (κ3) is 5.23. The van der Waals surface area contributed by atoms with E-state index in [9.17, 15) is 5.11 Å². The van der Waals surface area contributed by atoms with Crippen molar-refractivity contribution in [3.05, 3.63) is 36.0 Å². The lowest BCUT2D eigenvalue weighted by Gasteiger charge is -2.19. The summed E-state index contributed by atoms with van der Waals surface area (Å²) in [4.78, 5) is 0. The van der Waals surface area contributed by atoms with Gasteiger partial charge >= 0.3 is 0 Å². The number of aliphatic hydroxyl groups excluding tert-OH is 1. The molecule has 0 spiro atoms. The topological polar surface area (TPSA) is 71.3 Å². The van der Waals surface area contributed by atoms with Crippen LogP contribution in [0.5, 0.6) is 5.75 Å². The molecule has 7 heteroatoms. The van der Waals surface area contributed by atoms with Crippen LogP contribution in [0.3, 0.4) is 0 Å². The van der Waals surface area contributed by atoms with E-state index in [1.807, 2.05) is 22.9 Å². The largest absolute Gasteiger partial charge is 0.497 e. The van der Waals surface area contributed by atoms with Crippen molar-refractivity contribution in [2.75, 3.05) is 26.7 Å². The van der Waals surface area contributed by atoms with E-state index in [-0.39, 0.29) is 30.0 Å². The van der Waals surface area contributed by atoms with Crippen molar-refractivity contribution in [2.45, 2.75) is 39.0 Å². The second kappa shape index (κ2) is 9.06. The second-order valence-electron chi connectivity index (χ2n) is 7.97. The Kier molecular flexibility index (Phi) is 7.28. The Balaban J connectivity index is 0.00000261. The summed E-state index contributed by atoms with van der Waals surface area (Å²) in [5, 5.41) is 21.5. The van der Waals surface area contributed by atoms with E-state index in [1.165, 1.54) is 0 Å². The summed E-state index contributed by atoms with van der Waals surface area (Å²) in [6.45, 7) is 9.48. The summed E-state index contributed by atoms with van der Waals surface area (Å²) in [5.74, 6) is 1.08. The zero-order chi connectivity index (χ0) is 18.7. The Morgan fingerprint density at radius 1 is 1.33 bits per heavy atom. The molecule has 2 atom stereocenters. The number of aromatic nitrogens is 2. The molecular formula is C20H31ClN4O2.